The van der Waals surface area contributed by atoms with E-state index < -0.39 is 10.0 Å². The van der Waals surface area contributed by atoms with Gasteiger partial charge >= 0.3 is 0 Å². The monoisotopic (exact) mass is 305 g/mol. The van der Waals surface area contributed by atoms with Crippen LogP contribution < -0.4 is 10.0 Å². The first-order valence-corrected chi connectivity index (χ1v) is 8.21. The molecule has 2 N–H and O–H groups in total. The molecule has 112 valence electrons. The molecule has 0 amide bonds. The number of hydrogen-bond donors (Lipinski definition) is 2. The highest BCUT2D eigenvalue weighted by Crippen LogP contribution is 2.16. The topological polar surface area (TPSA) is 71.1 Å². The molecule has 0 aliphatic rings. The van der Waals surface area contributed by atoms with Crippen molar-refractivity contribution in [3.63, 3.8) is 0 Å². The maximum atomic E-state index is 12.3. The van der Waals surface area contributed by atoms with Crippen LogP contribution in [0.1, 0.15) is 19.4 Å². The molecule has 0 saturated carbocycles. The highest BCUT2D eigenvalue weighted by atomic mass is 32.2. The van der Waals surface area contributed by atoms with E-state index in [1.54, 1.807) is 42.7 Å². The first kappa shape index (κ1) is 15.5. The fourth-order valence-electron chi connectivity index (χ4n) is 1.78. The van der Waals surface area contributed by atoms with Gasteiger partial charge in [-0.25, -0.2) is 8.42 Å². The minimum Gasteiger partial charge on any atom is -0.310 e. The third kappa shape index (κ3) is 4.54. The fraction of sp³-hybridized carbons (Fsp3) is 0.267. The summed E-state index contributed by atoms with van der Waals surface area (Å²) < 4.78 is 27.2. The Kier molecular flexibility index (Phi) is 4.93. The minimum absolute atomic E-state index is 0.252. The molecule has 0 fully saturated rings. The zero-order chi connectivity index (χ0) is 15.3. The van der Waals surface area contributed by atoms with Gasteiger partial charge in [0, 0.05) is 25.0 Å². The van der Waals surface area contributed by atoms with Crippen LogP contribution in [0.4, 0.5) is 5.69 Å². The Morgan fingerprint density at radius 3 is 2.52 bits per heavy atom. The predicted octanol–water partition coefficient (Wildman–Crippen LogP) is 2.38. The number of pyridine rings is 1. The molecule has 0 aliphatic carbocycles. The number of benzene rings is 1. The Labute approximate surface area is 125 Å². The molecule has 1 aromatic carbocycles. The van der Waals surface area contributed by atoms with E-state index in [4.69, 9.17) is 0 Å². The Bertz CT molecular complexity index is 685. The van der Waals surface area contributed by atoms with E-state index in [-0.39, 0.29) is 4.90 Å². The van der Waals surface area contributed by atoms with E-state index in [2.05, 4.69) is 15.0 Å². The van der Waals surface area contributed by atoms with Gasteiger partial charge in [-0.2, -0.15) is 0 Å². The van der Waals surface area contributed by atoms with Gasteiger partial charge in [-0.1, -0.05) is 26.0 Å². The summed E-state index contributed by atoms with van der Waals surface area (Å²) in [5.41, 5.74) is 1.43. The summed E-state index contributed by atoms with van der Waals surface area (Å²) in [6.45, 7) is 4.73. The molecule has 6 heteroatoms. The van der Waals surface area contributed by atoms with Gasteiger partial charge in [-0.3, -0.25) is 9.71 Å². The molecule has 0 unspecified atom stereocenters. The summed E-state index contributed by atoms with van der Waals surface area (Å²) in [4.78, 5) is 4.11. The van der Waals surface area contributed by atoms with Gasteiger partial charge in [0.05, 0.1) is 10.6 Å². The van der Waals surface area contributed by atoms with Gasteiger partial charge < -0.3 is 5.32 Å². The van der Waals surface area contributed by atoms with Crippen molar-refractivity contribution in [2.75, 3.05) is 4.72 Å². The maximum Gasteiger partial charge on any atom is 0.261 e. The molecular weight excluding hydrogens is 286 g/mol. The Balaban J connectivity index is 2.18. The number of sulfonamides is 1. The molecule has 0 atom stereocenters. The van der Waals surface area contributed by atoms with Gasteiger partial charge in [0.25, 0.3) is 10.0 Å². The van der Waals surface area contributed by atoms with Crippen molar-refractivity contribution < 1.29 is 8.42 Å². The lowest BCUT2D eigenvalue weighted by molar-refractivity contribution is 0.587. The molecule has 5 nitrogen and oxygen atoms in total. The Morgan fingerprint density at radius 2 is 1.86 bits per heavy atom. The van der Waals surface area contributed by atoms with E-state index in [1.165, 1.54) is 0 Å². The Morgan fingerprint density at radius 1 is 1.14 bits per heavy atom. The summed E-state index contributed by atoms with van der Waals surface area (Å²) >= 11 is 0. The van der Waals surface area contributed by atoms with Crippen molar-refractivity contribution in [2.24, 2.45) is 0 Å². The molecular formula is C15H19N3O2S. The van der Waals surface area contributed by atoms with Gasteiger partial charge in [-0.05, 0) is 29.8 Å². The molecule has 0 saturated heterocycles. The second kappa shape index (κ2) is 6.69. The minimum atomic E-state index is -3.58. The quantitative estimate of drug-likeness (QED) is 0.859. The van der Waals surface area contributed by atoms with Crippen LogP contribution in [-0.2, 0) is 16.6 Å². The van der Waals surface area contributed by atoms with Gasteiger partial charge in [-0.15, -0.1) is 0 Å². The van der Waals surface area contributed by atoms with Crippen LogP contribution in [-0.4, -0.2) is 19.4 Å². The average molecular weight is 305 g/mol. The van der Waals surface area contributed by atoms with E-state index in [0.717, 1.165) is 5.56 Å². The number of hydrogen-bond acceptors (Lipinski definition) is 4. The zero-order valence-corrected chi connectivity index (χ0v) is 12.9. The first-order valence-electron chi connectivity index (χ1n) is 6.72. The second-order valence-corrected chi connectivity index (χ2v) is 6.71. The summed E-state index contributed by atoms with van der Waals surface area (Å²) in [5.74, 6) is 0. The van der Waals surface area contributed by atoms with Crippen molar-refractivity contribution in [1.82, 2.24) is 10.3 Å². The average Bonchev–Trinajstić information content (AvgIpc) is 2.46. The molecule has 0 radical (unpaired) electrons. The number of anilines is 1. The van der Waals surface area contributed by atoms with Crippen LogP contribution >= 0.6 is 0 Å². The van der Waals surface area contributed by atoms with Gasteiger partial charge in [0.15, 0.2) is 0 Å². The lowest BCUT2D eigenvalue weighted by Gasteiger charge is -2.11. The molecule has 2 rings (SSSR count). The smallest absolute Gasteiger partial charge is 0.261 e. The zero-order valence-electron chi connectivity index (χ0n) is 12.1. The molecule has 0 aliphatic heterocycles. The van der Waals surface area contributed by atoms with E-state index in [1.807, 2.05) is 19.9 Å². The number of aromatic nitrogens is 1. The first-order chi connectivity index (χ1) is 9.97. The molecule has 2 aromatic rings. The maximum absolute atomic E-state index is 12.3. The SMILES string of the molecule is CC(C)NCc1cccc(S(=O)(=O)Nc2ccncc2)c1. The second-order valence-electron chi connectivity index (χ2n) is 5.02. The Hall–Kier alpha value is -1.92. The van der Waals surface area contributed by atoms with E-state index >= 15 is 0 Å². The van der Waals surface area contributed by atoms with Crippen LogP contribution in [0.15, 0.2) is 53.7 Å². The normalized spacial score (nSPS) is 11.6. The van der Waals surface area contributed by atoms with Crippen molar-refractivity contribution in [2.45, 2.75) is 31.3 Å². The number of nitrogens with one attached hydrogen (secondary N) is 2. The molecule has 0 bridgehead atoms. The summed E-state index contributed by atoms with van der Waals surface area (Å²) in [7, 11) is -3.58. The summed E-state index contributed by atoms with van der Waals surface area (Å²) in [6, 6.07) is 10.5. The molecule has 21 heavy (non-hydrogen) atoms. The fourth-order valence-corrected chi connectivity index (χ4v) is 2.91. The van der Waals surface area contributed by atoms with Gasteiger partial charge in [0.1, 0.15) is 0 Å². The van der Waals surface area contributed by atoms with Crippen molar-refractivity contribution >= 4 is 15.7 Å². The van der Waals surface area contributed by atoms with Crippen LogP contribution in [0.3, 0.4) is 0 Å². The number of rotatable bonds is 6. The third-order valence-corrected chi connectivity index (χ3v) is 4.23. The molecule has 1 heterocycles. The van der Waals surface area contributed by atoms with Gasteiger partial charge in [0.2, 0.25) is 0 Å². The summed E-state index contributed by atoms with van der Waals surface area (Å²) in [6.07, 6.45) is 3.08. The lowest BCUT2D eigenvalue weighted by Crippen LogP contribution is -2.22. The third-order valence-electron chi connectivity index (χ3n) is 2.86. The van der Waals surface area contributed by atoms with Crippen molar-refractivity contribution in [3.05, 3.63) is 54.4 Å². The standard InChI is InChI=1S/C15H19N3O2S/c1-12(2)17-11-13-4-3-5-15(10-13)21(19,20)18-14-6-8-16-9-7-14/h3-10,12,17H,11H2,1-2H3,(H,16,18). The number of nitrogens with zero attached hydrogens (tertiary/aromatic N) is 1. The highest BCUT2D eigenvalue weighted by Gasteiger charge is 2.14. The summed E-state index contributed by atoms with van der Waals surface area (Å²) in [5, 5.41) is 3.27. The van der Waals surface area contributed by atoms with Crippen LogP contribution in [0.25, 0.3) is 0 Å². The molecule has 0 spiro atoms. The van der Waals surface area contributed by atoms with Crippen LogP contribution in [0.2, 0.25) is 0 Å². The molecule has 1 aromatic heterocycles. The van der Waals surface area contributed by atoms with Crippen molar-refractivity contribution in [1.29, 1.82) is 0 Å². The largest absolute Gasteiger partial charge is 0.310 e. The predicted molar refractivity (Wildman–Crippen MR) is 83.5 cm³/mol. The van der Waals surface area contributed by atoms with E-state index in [9.17, 15) is 8.42 Å². The van der Waals surface area contributed by atoms with Crippen molar-refractivity contribution in [3.8, 4) is 0 Å². The van der Waals surface area contributed by atoms with E-state index in [0.29, 0.717) is 18.3 Å². The lowest BCUT2D eigenvalue weighted by atomic mass is 10.2. The van der Waals surface area contributed by atoms with Crippen LogP contribution in [0.5, 0.6) is 0 Å². The highest BCUT2D eigenvalue weighted by molar-refractivity contribution is 7.92. The van der Waals surface area contributed by atoms with Crippen LogP contribution in [0, 0.1) is 0 Å².